The van der Waals surface area contributed by atoms with E-state index >= 15 is 0 Å². The van der Waals surface area contributed by atoms with Crippen LogP contribution in [-0.4, -0.2) is 36.7 Å². The van der Waals surface area contributed by atoms with Gasteiger partial charge in [-0.25, -0.2) is 4.79 Å². The quantitative estimate of drug-likeness (QED) is 0.753. The second-order valence-corrected chi connectivity index (χ2v) is 4.70. The summed E-state index contributed by atoms with van der Waals surface area (Å²) >= 11 is 0. The van der Waals surface area contributed by atoms with E-state index in [1.54, 1.807) is 11.9 Å². The Morgan fingerprint density at radius 2 is 2.00 bits per heavy atom. The minimum Gasteiger partial charge on any atom is -0.444 e. The van der Waals surface area contributed by atoms with Crippen LogP contribution in [0.15, 0.2) is 0 Å². The first-order valence-corrected chi connectivity index (χ1v) is 4.90. The van der Waals surface area contributed by atoms with Gasteiger partial charge in [-0.1, -0.05) is 6.92 Å². The first-order valence-electron chi connectivity index (χ1n) is 4.90. The fourth-order valence-electron chi connectivity index (χ4n) is 0.956. The van der Waals surface area contributed by atoms with Crippen molar-refractivity contribution in [2.75, 3.05) is 20.1 Å². The summed E-state index contributed by atoms with van der Waals surface area (Å²) in [5, 5.41) is 0. The summed E-state index contributed by atoms with van der Waals surface area (Å²) in [5.41, 5.74) is 5.04. The number of hydrogen-bond donors (Lipinski definition) is 1. The third-order valence-electron chi connectivity index (χ3n) is 1.69. The first kappa shape index (κ1) is 13.2. The van der Waals surface area contributed by atoms with E-state index in [4.69, 9.17) is 10.5 Å². The lowest BCUT2D eigenvalue weighted by Crippen LogP contribution is -2.37. The Morgan fingerprint density at radius 1 is 1.50 bits per heavy atom. The van der Waals surface area contributed by atoms with Crippen LogP contribution in [0.3, 0.4) is 0 Å². The Balaban J connectivity index is 4.00. The molecular weight excluding hydrogens is 180 g/mol. The van der Waals surface area contributed by atoms with Crippen LogP contribution in [0, 0.1) is 5.92 Å². The SMILES string of the molecule is C[C@H](CN)CN(C)C(=O)OC(C)(C)C. The molecule has 4 nitrogen and oxygen atoms in total. The Bertz CT molecular complexity index is 187. The zero-order chi connectivity index (χ0) is 11.4. The Morgan fingerprint density at radius 3 is 2.36 bits per heavy atom. The topological polar surface area (TPSA) is 55.6 Å². The van der Waals surface area contributed by atoms with E-state index in [9.17, 15) is 4.79 Å². The van der Waals surface area contributed by atoms with Gasteiger partial charge in [0, 0.05) is 13.6 Å². The summed E-state index contributed by atoms with van der Waals surface area (Å²) in [7, 11) is 1.72. The maximum atomic E-state index is 11.5. The van der Waals surface area contributed by atoms with E-state index in [2.05, 4.69) is 0 Å². The van der Waals surface area contributed by atoms with Gasteiger partial charge in [0.1, 0.15) is 5.60 Å². The maximum absolute atomic E-state index is 11.5. The van der Waals surface area contributed by atoms with Crippen molar-refractivity contribution >= 4 is 6.09 Å². The van der Waals surface area contributed by atoms with Gasteiger partial charge < -0.3 is 15.4 Å². The van der Waals surface area contributed by atoms with Crippen molar-refractivity contribution in [3.63, 3.8) is 0 Å². The van der Waals surface area contributed by atoms with E-state index in [0.29, 0.717) is 19.0 Å². The van der Waals surface area contributed by atoms with Crippen molar-refractivity contribution in [3.8, 4) is 0 Å². The van der Waals surface area contributed by atoms with Crippen LogP contribution in [0.25, 0.3) is 0 Å². The predicted octanol–water partition coefficient (Wildman–Crippen LogP) is 1.45. The largest absolute Gasteiger partial charge is 0.444 e. The molecule has 0 aliphatic heterocycles. The summed E-state index contributed by atoms with van der Waals surface area (Å²) in [6, 6.07) is 0. The van der Waals surface area contributed by atoms with Crippen molar-refractivity contribution in [3.05, 3.63) is 0 Å². The molecule has 0 aliphatic carbocycles. The van der Waals surface area contributed by atoms with Crippen molar-refractivity contribution in [2.45, 2.75) is 33.3 Å². The van der Waals surface area contributed by atoms with Gasteiger partial charge in [0.15, 0.2) is 0 Å². The molecule has 14 heavy (non-hydrogen) atoms. The molecule has 4 heteroatoms. The average molecular weight is 202 g/mol. The lowest BCUT2D eigenvalue weighted by atomic mass is 10.2. The number of rotatable bonds is 3. The van der Waals surface area contributed by atoms with E-state index in [1.165, 1.54) is 0 Å². The standard InChI is InChI=1S/C10H22N2O2/c1-8(6-11)7-12(5)9(13)14-10(2,3)4/h8H,6-7,11H2,1-5H3/t8-/m1/s1. The molecule has 1 atom stereocenters. The fraction of sp³-hybridized carbons (Fsp3) is 0.900. The number of nitrogens with zero attached hydrogens (tertiary/aromatic N) is 1. The number of ether oxygens (including phenoxy) is 1. The lowest BCUT2D eigenvalue weighted by Gasteiger charge is -2.26. The van der Waals surface area contributed by atoms with E-state index in [-0.39, 0.29) is 6.09 Å². The number of carbonyl (C=O) groups excluding carboxylic acids is 1. The van der Waals surface area contributed by atoms with Gasteiger partial charge in [-0.2, -0.15) is 0 Å². The summed E-state index contributed by atoms with van der Waals surface area (Å²) in [6.07, 6.45) is -0.294. The van der Waals surface area contributed by atoms with Crippen LogP contribution in [0.1, 0.15) is 27.7 Å². The molecular formula is C10H22N2O2. The van der Waals surface area contributed by atoms with Crippen LogP contribution >= 0.6 is 0 Å². The molecule has 0 aromatic heterocycles. The smallest absolute Gasteiger partial charge is 0.410 e. The molecule has 0 bridgehead atoms. The highest BCUT2D eigenvalue weighted by molar-refractivity contribution is 5.67. The molecule has 0 spiro atoms. The molecule has 0 saturated heterocycles. The molecule has 0 aromatic rings. The number of hydrogen-bond acceptors (Lipinski definition) is 3. The molecule has 1 amide bonds. The summed E-state index contributed by atoms with van der Waals surface area (Å²) in [4.78, 5) is 13.0. The highest BCUT2D eigenvalue weighted by Gasteiger charge is 2.20. The molecule has 0 fully saturated rings. The maximum Gasteiger partial charge on any atom is 0.410 e. The van der Waals surface area contributed by atoms with Gasteiger partial charge >= 0.3 is 6.09 Å². The lowest BCUT2D eigenvalue weighted by molar-refractivity contribution is 0.0279. The van der Waals surface area contributed by atoms with Crippen LogP contribution in [0.5, 0.6) is 0 Å². The van der Waals surface area contributed by atoms with Gasteiger partial charge in [0.25, 0.3) is 0 Å². The minimum atomic E-state index is -0.433. The van der Waals surface area contributed by atoms with Crippen molar-refractivity contribution < 1.29 is 9.53 Å². The molecule has 84 valence electrons. The molecule has 0 aliphatic rings. The van der Waals surface area contributed by atoms with E-state index in [1.807, 2.05) is 27.7 Å². The van der Waals surface area contributed by atoms with Crippen LogP contribution in [0.4, 0.5) is 4.79 Å². The van der Waals surface area contributed by atoms with Crippen molar-refractivity contribution in [1.82, 2.24) is 4.90 Å². The Hall–Kier alpha value is -0.770. The van der Waals surface area contributed by atoms with Gasteiger partial charge in [0.2, 0.25) is 0 Å². The van der Waals surface area contributed by atoms with Crippen LogP contribution < -0.4 is 5.73 Å². The monoisotopic (exact) mass is 202 g/mol. The number of nitrogens with two attached hydrogens (primary N) is 1. The molecule has 0 saturated carbocycles. The van der Waals surface area contributed by atoms with E-state index < -0.39 is 5.60 Å². The van der Waals surface area contributed by atoms with Crippen LogP contribution in [-0.2, 0) is 4.74 Å². The van der Waals surface area contributed by atoms with Gasteiger partial charge in [-0.05, 0) is 33.2 Å². The molecule has 0 rings (SSSR count). The van der Waals surface area contributed by atoms with Gasteiger partial charge in [-0.3, -0.25) is 0 Å². The minimum absolute atomic E-state index is 0.294. The summed E-state index contributed by atoms with van der Waals surface area (Å²) < 4.78 is 5.19. The Labute approximate surface area is 86.4 Å². The predicted molar refractivity (Wildman–Crippen MR) is 57.1 cm³/mol. The molecule has 2 N–H and O–H groups in total. The highest BCUT2D eigenvalue weighted by atomic mass is 16.6. The third-order valence-corrected chi connectivity index (χ3v) is 1.69. The first-order chi connectivity index (χ1) is 6.26. The van der Waals surface area contributed by atoms with Crippen molar-refractivity contribution in [1.29, 1.82) is 0 Å². The van der Waals surface area contributed by atoms with Crippen LogP contribution in [0.2, 0.25) is 0 Å². The normalized spacial score (nSPS) is 13.6. The zero-order valence-corrected chi connectivity index (χ0v) is 9.83. The number of carbonyl (C=O) groups is 1. The molecule has 0 heterocycles. The average Bonchev–Trinajstić information content (AvgIpc) is 2.00. The third kappa shape index (κ3) is 5.80. The second-order valence-electron chi connectivity index (χ2n) is 4.70. The fourth-order valence-corrected chi connectivity index (χ4v) is 0.956. The highest BCUT2D eigenvalue weighted by Crippen LogP contribution is 2.09. The van der Waals surface area contributed by atoms with Crippen molar-refractivity contribution in [2.24, 2.45) is 11.7 Å². The summed E-state index contributed by atoms with van der Waals surface area (Å²) in [5.74, 6) is 0.299. The summed E-state index contributed by atoms with van der Waals surface area (Å²) in [6.45, 7) is 8.76. The van der Waals surface area contributed by atoms with Gasteiger partial charge in [0.05, 0.1) is 0 Å². The number of amides is 1. The molecule has 0 radical (unpaired) electrons. The zero-order valence-electron chi connectivity index (χ0n) is 9.83. The Kier molecular flexibility index (Phi) is 4.91. The molecule has 0 aromatic carbocycles. The van der Waals surface area contributed by atoms with Gasteiger partial charge in [-0.15, -0.1) is 0 Å². The molecule has 0 unspecified atom stereocenters. The second kappa shape index (κ2) is 5.20. The van der Waals surface area contributed by atoms with E-state index in [0.717, 1.165) is 0 Å².